The minimum atomic E-state index is -3.61. The van der Waals surface area contributed by atoms with E-state index in [4.69, 9.17) is 23.3 Å². The van der Waals surface area contributed by atoms with Gasteiger partial charge in [-0.1, -0.05) is 38.0 Å². The molecule has 4 rings (SSSR count). The van der Waals surface area contributed by atoms with E-state index in [-0.39, 0.29) is 54.0 Å². The van der Waals surface area contributed by atoms with Crippen LogP contribution in [0.4, 0.5) is 0 Å². The highest BCUT2D eigenvalue weighted by molar-refractivity contribution is 7.93. The Kier molecular flexibility index (Phi) is 15.2. The third-order valence-corrected chi connectivity index (χ3v) is 16.0. The van der Waals surface area contributed by atoms with Crippen molar-refractivity contribution in [2.45, 2.75) is 114 Å². The van der Waals surface area contributed by atoms with E-state index in [1.165, 1.54) is 27.7 Å². The van der Waals surface area contributed by atoms with Crippen LogP contribution < -0.4 is 0 Å². The number of methoxy groups -OCH3 is 1. The zero-order valence-corrected chi connectivity index (χ0v) is 34.5. The number of sulfone groups is 2. The summed E-state index contributed by atoms with van der Waals surface area (Å²) in [6.45, 7) is 16.0. The lowest BCUT2D eigenvalue weighted by atomic mass is 9.90. The molecule has 2 fully saturated rings. The second-order valence-electron chi connectivity index (χ2n) is 16.6. The average Bonchev–Trinajstić information content (AvgIpc) is 3.76. The summed E-state index contributed by atoms with van der Waals surface area (Å²) in [5.74, 6) is -0.0535. The molecule has 2 saturated heterocycles. The predicted molar refractivity (Wildman–Crippen MR) is 198 cm³/mol. The number of ether oxygens (including phenoxy) is 3. The largest absolute Gasteiger partial charge is 0.395 e. The maximum absolute atomic E-state index is 12.9. The zero-order valence-electron chi connectivity index (χ0n) is 32.9. The van der Waals surface area contributed by atoms with Gasteiger partial charge in [-0.15, -0.1) is 0 Å². The van der Waals surface area contributed by atoms with E-state index in [0.717, 1.165) is 0 Å². The third kappa shape index (κ3) is 11.5. The van der Waals surface area contributed by atoms with Crippen LogP contribution in [-0.4, -0.2) is 112 Å². The lowest BCUT2D eigenvalue weighted by Crippen LogP contribution is -2.44. The molecule has 0 unspecified atom stereocenters. The molecular formula is C37H60N2O12S2. The number of aromatic nitrogens is 2. The lowest BCUT2D eigenvalue weighted by Gasteiger charge is -2.28. The molecule has 14 nitrogen and oxygen atoms in total. The van der Waals surface area contributed by atoms with Crippen molar-refractivity contribution in [3.05, 3.63) is 35.0 Å². The molecule has 16 heteroatoms. The molecule has 2 aromatic rings. The fourth-order valence-corrected chi connectivity index (χ4v) is 9.48. The van der Waals surface area contributed by atoms with Crippen LogP contribution in [0.1, 0.15) is 104 Å². The molecular weight excluding hydrogens is 729 g/mol. The first-order valence-electron chi connectivity index (χ1n) is 18.2. The molecule has 0 saturated carbocycles. The van der Waals surface area contributed by atoms with Gasteiger partial charge in [0.05, 0.1) is 48.9 Å². The van der Waals surface area contributed by atoms with Crippen LogP contribution in [0.2, 0.25) is 0 Å². The minimum Gasteiger partial charge on any atom is -0.395 e. The van der Waals surface area contributed by atoms with Gasteiger partial charge in [-0.05, 0) is 65.2 Å². The molecule has 53 heavy (non-hydrogen) atoms. The van der Waals surface area contributed by atoms with Crippen molar-refractivity contribution in [1.82, 2.24) is 10.3 Å². The molecule has 1 N–H and O–H groups in total. The van der Waals surface area contributed by atoms with Crippen LogP contribution in [0, 0.1) is 11.8 Å². The van der Waals surface area contributed by atoms with E-state index in [9.17, 15) is 31.5 Å². The fraction of sp³-hybridized carbons (Fsp3) is 0.784. The Balaban J connectivity index is 0.000000286. The van der Waals surface area contributed by atoms with Crippen molar-refractivity contribution >= 4 is 31.2 Å². The lowest BCUT2D eigenvalue weighted by molar-refractivity contribution is -0.121. The normalized spacial score (nSPS) is 17.3. The second-order valence-corrected chi connectivity index (χ2v) is 21.8. The Hall–Kier alpha value is -2.50. The van der Waals surface area contributed by atoms with E-state index in [0.29, 0.717) is 81.6 Å². The van der Waals surface area contributed by atoms with Crippen molar-refractivity contribution in [2.75, 3.05) is 58.3 Å². The summed E-state index contributed by atoms with van der Waals surface area (Å²) in [6.07, 6.45) is 2.58. The van der Waals surface area contributed by atoms with E-state index in [2.05, 4.69) is 10.3 Å². The van der Waals surface area contributed by atoms with Gasteiger partial charge >= 0.3 is 0 Å². The van der Waals surface area contributed by atoms with E-state index in [1.807, 2.05) is 13.8 Å². The van der Waals surface area contributed by atoms with Crippen LogP contribution in [0.15, 0.2) is 21.2 Å². The number of carbonyl (C=O) groups excluding carboxylic acids is 2. The number of nitrogens with zero attached hydrogens (tertiary/aromatic N) is 2. The van der Waals surface area contributed by atoms with E-state index < -0.39 is 40.4 Å². The van der Waals surface area contributed by atoms with Crippen LogP contribution in [0.3, 0.4) is 0 Å². The number of aliphatic hydroxyl groups is 1. The Morgan fingerprint density at radius 1 is 0.698 bits per heavy atom. The van der Waals surface area contributed by atoms with Crippen LogP contribution >= 0.6 is 0 Å². The molecule has 2 aliphatic heterocycles. The van der Waals surface area contributed by atoms with Gasteiger partial charge in [0.1, 0.15) is 21.0 Å². The van der Waals surface area contributed by atoms with Gasteiger partial charge in [-0.3, -0.25) is 9.59 Å². The molecule has 0 aliphatic carbocycles. The van der Waals surface area contributed by atoms with E-state index in [1.54, 1.807) is 33.1 Å². The topological polar surface area (TPSA) is 202 Å². The number of hydrogen-bond donors (Lipinski definition) is 1. The molecule has 0 atom stereocenters. The molecule has 2 aromatic heterocycles. The summed E-state index contributed by atoms with van der Waals surface area (Å²) in [5.41, 5.74) is 0.264. The minimum absolute atomic E-state index is 0.00566. The quantitative estimate of drug-likeness (QED) is 0.241. The van der Waals surface area contributed by atoms with Crippen molar-refractivity contribution in [3.63, 3.8) is 0 Å². The maximum atomic E-state index is 12.9. The average molecular weight is 789 g/mol. The Labute approximate surface area is 314 Å². The number of ketones is 2. The van der Waals surface area contributed by atoms with Gasteiger partial charge in [-0.2, -0.15) is 0 Å². The second kappa shape index (κ2) is 18.0. The summed E-state index contributed by atoms with van der Waals surface area (Å²) in [5, 5.41) is 17.3. The monoisotopic (exact) mass is 788 g/mol. The first-order chi connectivity index (χ1) is 24.5. The summed E-state index contributed by atoms with van der Waals surface area (Å²) in [6, 6.07) is 3.31. The van der Waals surface area contributed by atoms with Gasteiger partial charge in [-0.25, -0.2) is 16.8 Å². The summed E-state index contributed by atoms with van der Waals surface area (Å²) < 4.78 is 74.6. The van der Waals surface area contributed by atoms with Crippen LogP contribution in [0.25, 0.3) is 0 Å². The number of hydrogen-bond acceptors (Lipinski definition) is 14. The molecule has 302 valence electrons. The van der Waals surface area contributed by atoms with Gasteiger partial charge < -0.3 is 28.4 Å². The van der Waals surface area contributed by atoms with Crippen molar-refractivity contribution in [3.8, 4) is 0 Å². The first kappa shape index (κ1) is 44.9. The van der Waals surface area contributed by atoms with Gasteiger partial charge in [0.25, 0.3) is 0 Å². The maximum Gasteiger partial charge on any atom is 0.162 e. The van der Waals surface area contributed by atoms with Crippen molar-refractivity contribution < 1.29 is 54.8 Å². The summed E-state index contributed by atoms with van der Waals surface area (Å²) in [7, 11) is -5.60. The number of carbonyl (C=O) groups is 2. The van der Waals surface area contributed by atoms with Gasteiger partial charge in [0.15, 0.2) is 31.2 Å². The fourth-order valence-electron chi connectivity index (χ4n) is 5.90. The molecule has 0 radical (unpaired) electrons. The van der Waals surface area contributed by atoms with Crippen molar-refractivity contribution in [2.24, 2.45) is 11.8 Å². The van der Waals surface area contributed by atoms with Gasteiger partial charge in [0.2, 0.25) is 0 Å². The van der Waals surface area contributed by atoms with Gasteiger partial charge in [0, 0.05) is 56.5 Å². The summed E-state index contributed by atoms with van der Waals surface area (Å²) >= 11 is 0. The third-order valence-electron chi connectivity index (χ3n) is 10.6. The molecule has 0 spiro atoms. The SMILES string of the molecule is CC(C)(CO)c1cc(CC(=O)C(C)(C)S(=O)(=O)CC2CCOCC2)on1.COCC(C)(C)c1cc(CC(=O)C(C)(C)S(=O)(=O)CC2CCOCC2)on1. The van der Waals surface area contributed by atoms with E-state index >= 15 is 0 Å². The highest BCUT2D eigenvalue weighted by atomic mass is 32.2. The Bertz CT molecular complexity index is 1730. The molecule has 0 bridgehead atoms. The molecule has 0 aromatic carbocycles. The highest BCUT2D eigenvalue weighted by Gasteiger charge is 2.44. The molecule has 2 aliphatic rings. The first-order valence-corrected chi connectivity index (χ1v) is 21.5. The highest BCUT2D eigenvalue weighted by Crippen LogP contribution is 2.30. The standard InChI is InChI=1S/C19H31NO6S.C18H29NO6S/c1-18(2,13-24-5)16-10-15(26-20-16)11-17(21)19(3,4)27(22,23)12-14-6-8-25-9-7-14;1-17(2,12-20)15-9-14(25-19-15)10-16(21)18(3,4)26(22,23)11-13-5-7-24-8-6-13/h10,14H,6-9,11-13H2,1-5H3;9,13,20H,5-8,10-12H2,1-4H3. The number of Topliss-reactive ketones (excluding diaryl/α,β-unsaturated/α-hetero) is 2. The smallest absolute Gasteiger partial charge is 0.162 e. The number of aliphatic hydroxyl groups excluding tert-OH is 1. The summed E-state index contributed by atoms with van der Waals surface area (Å²) in [4.78, 5) is 25.5. The van der Waals surface area contributed by atoms with Crippen molar-refractivity contribution in [1.29, 1.82) is 0 Å². The Morgan fingerprint density at radius 2 is 1.06 bits per heavy atom. The number of rotatable bonds is 17. The Morgan fingerprint density at radius 3 is 1.40 bits per heavy atom. The molecule has 0 amide bonds. The van der Waals surface area contributed by atoms with Crippen LogP contribution in [0.5, 0.6) is 0 Å². The molecule has 4 heterocycles. The predicted octanol–water partition coefficient (Wildman–Crippen LogP) is 4.01. The van der Waals surface area contributed by atoms with Crippen LogP contribution in [-0.2, 0) is 67.1 Å². The zero-order chi connectivity index (χ0) is 39.9.